The lowest BCUT2D eigenvalue weighted by molar-refractivity contribution is 0.204. The van der Waals surface area contributed by atoms with Gasteiger partial charge in [0.1, 0.15) is 27.9 Å². The highest BCUT2D eigenvalue weighted by Crippen LogP contribution is 2.45. The first-order valence-electron chi connectivity index (χ1n) is 11.8. The molecule has 0 aromatic heterocycles. The van der Waals surface area contributed by atoms with E-state index in [1.54, 1.807) is 0 Å². The summed E-state index contributed by atoms with van der Waals surface area (Å²) in [5.74, 6) is 0.742. The third-order valence-electron chi connectivity index (χ3n) is 6.73. The summed E-state index contributed by atoms with van der Waals surface area (Å²) in [6, 6.07) is 11.8. The highest BCUT2D eigenvalue weighted by molar-refractivity contribution is 7.89. The van der Waals surface area contributed by atoms with Gasteiger partial charge in [-0.25, -0.2) is 17.9 Å². The number of aromatic hydroxyl groups is 2. The molecule has 199 valence electrons. The largest absolute Gasteiger partial charge is 0.508 e. The molecule has 3 aromatic carbocycles. The fourth-order valence-electron chi connectivity index (χ4n) is 4.99. The minimum Gasteiger partial charge on any atom is -0.508 e. The number of halogens is 2. The van der Waals surface area contributed by atoms with Crippen molar-refractivity contribution in [1.29, 1.82) is 0 Å². The Morgan fingerprint density at radius 3 is 2.26 bits per heavy atom. The van der Waals surface area contributed by atoms with Gasteiger partial charge in [0, 0.05) is 12.1 Å². The molecule has 5 rings (SSSR count). The average Bonchev–Trinajstić information content (AvgIpc) is 3.47. The number of hydrogen-bond acceptors (Lipinski definition) is 7. The van der Waals surface area contributed by atoms with Crippen molar-refractivity contribution in [2.45, 2.75) is 36.6 Å². The van der Waals surface area contributed by atoms with Crippen molar-refractivity contribution in [3.8, 4) is 28.7 Å². The number of fused-ring (bicyclic) bond motifs is 2. The first-order chi connectivity index (χ1) is 18.1. The summed E-state index contributed by atoms with van der Waals surface area (Å²) >= 11 is 12.7. The zero-order chi connectivity index (χ0) is 27.0. The summed E-state index contributed by atoms with van der Waals surface area (Å²) < 4.78 is 39.7. The molecule has 3 atom stereocenters. The standard InChI is InChI=1S/C26H23Cl2N2O7S/c27-20-11-16(29-26(33)37-18-5-3-17(31)4-6-18)12-21(28)25(20)36-19-7-8-23(32)24(13-19)38(34,35)30-22-10-14-1-2-15(22)9-14/h3-8,11-15,22,30-32H,1-2,9-10H2. The van der Waals surface area contributed by atoms with Crippen LogP contribution in [0.5, 0.6) is 28.7 Å². The zero-order valence-electron chi connectivity index (χ0n) is 19.8. The van der Waals surface area contributed by atoms with Crippen LogP contribution in [-0.4, -0.2) is 30.8 Å². The Balaban J connectivity index is 1.29. The Labute approximate surface area is 229 Å². The topological polar surface area (TPSA) is 136 Å². The van der Waals surface area contributed by atoms with E-state index in [0.29, 0.717) is 11.8 Å². The molecule has 38 heavy (non-hydrogen) atoms. The van der Waals surface area contributed by atoms with Gasteiger partial charge in [-0.3, -0.25) is 0 Å². The van der Waals surface area contributed by atoms with Crippen LogP contribution in [0, 0.1) is 11.8 Å². The van der Waals surface area contributed by atoms with E-state index in [9.17, 15) is 23.4 Å². The second-order valence-corrected chi connectivity index (χ2v) is 11.8. The number of nitrogens with one attached hydrogen (secondary N) is 1. The molecule has 1 amide bonds. The molecule has 3 aromatic rings. The van der Waals surface area contributed by atoms with Gasteiger partial charge < -0.3 is 19.7 Å². The number of amides is 1. The molecular formula is C26H23Cl2N2O7S. The van der Waals surface area contributed by atoms with Gasteiger partial charge in [-0.05, 0) is 79.6 Å². The molecule has 2 bridgehead atoms. The van der Waals surface area contributed by atoms with E-state index < -0.39 is 21.9 Å². The van der Waals surface area contributed by atoms with Crippen molar-refractivity contribution >= 4 is 45.0 Å². The number of hydrogen-bond donors (Lipinski definition) is 3. The molecule has 0 spiro atoms. The SMILES string of the molecule is O=C([N]c1cc(Cl)c(Oc2ccc(O)c(S(=O)(=O)NC3CC4CCC3C4)c2)c(Cl)c1)Oc1ccc(O)cc1. The van der Waals surface area contributed by atoms with Crippen molar-refractivity contribution in [2.75, 3.05) is 0 Å². The zero-order valence-corrected chi connectivity index (χ0v) is 22.1. The van der Waals surface area contributed by atoms with Crippen LogP contribution in [0.2, 0.25) is 10.0 Å². The van der Waals surface area contributed by atoms with Crippen molar-refractivity contribution in [3.63, 3.8) is 0 Å². The summed E-state index contributed by atoms with van der Waals surface area (Å²) in [5, 5.41) is 23.4. The second-order valence-electron chi connectivity index (χ2n) is 9.35. The Morgan fingerprint density at radius 1 is 0.947 bits per heavy atom. The molecular weight excluding hydrogens is 555 g/mol. The minimum atomic E-state index is -4.01. The monoisotopic (exact) mass is 577 g/mol. The first kappa shape index (κ1) is 26.4. The molecule has 1 radical (unpaired) electrons. The van der Waals surface area contributed by atoms with E-state index in [4.69, 9.17) is 32.7 Å². The Hall–Kier alpha value is -3.18. The van der Waals surface area contributed by atoms with Gasteiger partial charge in [0.2, 0.25) is 10.0 Å². The maximum absolute atomic E-state index is 13.1. The molecule has 2 saturated carbocycles. The molecule has 0 aliphatic heterocycles. The van der Waals surface area contributed by atoms with Crippen LogP contribution in [0.1, 0.15) is 25.7 Å². The number of ether oxygens (including phenoxy) is 2. The highest BCUT2D eigenvalue weighted by atomic mass is 35.5. The molecule has 2 aliphatic carbocycles. The van der Waals surface area contributed by atoms with E-state index in [0.717, 1.165) is 25.7 Å². The van der Waals surface area contributed by atoms with Gasteiger partial charge in [0.25, 0.3) is 0 Å². The number of carbonyl (C=O) groups excluding carboxylic acids is 1. The maximum Gasteiger partial charge on any atom is 0.439 e. The van der Waals surface area contributed by atoms with Crippen LogP contribution >= 0.6 is 23.2 Å². The van der Waals surface area contributed by atoms with Crippen molar-refractivity contribution in [1.82, 2.24) is 10.0 Å². The Kier molecular flexibility index (Phi) is 7.32. The molecule has 2 fully saturated rings. The van der Waals surface area contributed by atoms with Crippen LogP contribution in [0.3, 0.4) is 0 Å². The average molecular weight is 578 g/mol. The Morgan fingerprint density at radius 2 is 1.63 bits per heavy atom. The second kappa shape index (κ2) is 10.5. The summed E-state index contributed by atoms with van der Waals surface area (Å²) in [7, 11) is -4.01. The fourth-order valence-corrected chi connectivity index (χ4v) is 6.98. The van der Waals surface area contributed by atoms with E-state index in [-0.39, 0.29) is 49.7 Å². The smallest absolute Gasteiger partial charge is 0.439 e. The molecule has 2 aliphatic rings. The lowest BCUT2D eigenvalue weighted by Gasteiger charge is -2.23. The molecule has 0 saturated heterocycles. The quantitative estimate of drug-likeness (QED) is 0.308. The molecule has 3 unspecified atom stereocenters. The summed E-state index contributed by atoms with van der Waals surface area (Å²) in [6.45, 7) is 0. The minimum absolute atomic E-state index is 0.00581. The van der Waals surface area contributed by atoms with Crippen LogP contribution in [-0.2, 0) is 10.0 Å². The van der Waals surface area contributed by atoms with Gasteiger partial charge in [0.15, 0.2) is 5.75 Å². The first-order valence-corrected chi connectivity index (χ1v) is 14.1. The van der Waals surface area contributed by atoms with Gasteiger partial charge in [-0.15, -0.1) is 0 Å². The van der Waals surface area contributed by atoms with E-state index in [1.807, 2.05) is 0 Å². The number of sulfonamides is 1. The Bertz CT molecular complexity index is 1460. The number of rotatable bonds is 7. The number of phenolic OH excluding ortho intramolecular Hbond substituents is 2. The van der Waals surface area contributed by atoms with Gasteiger partial charge in [0.05, 0.1) is 15.7 Å². The maximum atomic E-state index is 13.1. The lowest BCUT2D eigenvalue weighted by Crippen LogP contribution is -2.38. The van der Waals surface area contributed by atoms with Gasteiger partial charge in [-0.1, -0.05) is 29.6 Å². The van der Waals surface area contributed by atoms with Crippen LogP contribution in [0.15, 0.2) is 59.5 Å². The predicted molar refractivity (Wildman–Crippen MR) is 140 cm³/mol. The number of benzene rings is 3. The molecule has 0 heterocycles. The van der Waals surface area contributed by atoms with Crippen LogP contribution in [0.4, 0.5) is 10.5 Å². The van der Waals surface area contributed by atoms with Gasteiger partial charge >= 0.3 is 6.09 Å². The lowest BCUT2D eigenvalue weighted by atomic mass is 9.96. The van der Waals surface area contributed by atoms with Crippen molar-refractivity contribution < 1.29 is 32.9 Å². The van der Waals surface area contributed by atoms with Gasteiger partial charge in [-0.2, -0.15) is 5.32 Å². The summed E-state index contributed by atoms with van der Waals surface area (Å²) in [5.41, 5.74) is 0.0974. The summed E-state index contributed by atoms with van der Waals surface area (Å²) in [6.07, 6.45) is 3.01. The number of carbonyl (C=O) groups is 1. The summed E-state index contributed by atoms with van der Waals surface area (Å²) in [4.78, 5) is 11.8. The van der Waals surface area contributed by atoms with Crippen molar-refractivity contribution in [2.24, 2.45) is 11.8 Å². The third kappa shape index (κ3) is 5.78. The molecule has 12 heteroatoms. The van der Waals surface area contributed by atoms with Crippen LogP contribution in [0.25, 0.3) is 0 Å². The number of phenols is 2. The molecule has 9 nitrogen and oxygen atoms in total. The van der Waals surface area contributed by atoms with E-state index >= 15 is 0 Å². The van der Waals surface area contributed by atoms with Crippen molar-refractivity contribution in [3.05, 3.63) is 64.6 Å². The predicted octanol–water partition coefficient (Wildman–Crippen LogP) is 6.10. The highest BCUT2D eigenvalue weighted by Gasteiger charge is 2.41. The normalized spacial score (nSPS) is 20.3. The fraction of sp³-hybridized carbons (Fsp3) is 0.269. The van der Waals surface area contributed by atoms with E-state index in [2.05, 4.69) is 10.0 Å². The molecule has 3 N–H and O–H groups in total. The number of nitrogens with zero attached hydrogens (tertiary/aromatic N) is 1. The third-order valence-corrected chi connectivity index (χ3v) is 8.81. The van der Waals surface area contributed by atoms with E-state index in [1.165, 1.54) is 54.6 Å². The van der Waals surface area contributed by atoms with Crippen LogP contribution < -0.4 is 19.5 Å².